The molecule has 0 aromatic heterocycles. The summed E-state index contributed by atoms with van der Waals surface area (Å²) in [6.45, 7) is 5.61. The molecule has 2 N–H and O–H groups in total. The minimum absolute atomic E-state index is 0.630. The van der Waals surface area contributed by atoms with Crippen LogP contribution in [0.3, 0.4) is 0 Å². The van der Waals surface area contributed by atoms with Crippen LogP contribution in [0.15, 0.2) is 28.7 Å². The Morgan fingerprint density at radius 3 is 2.44 bits per heavy atom. The van der Waals surface area contributed by atoms with Crippen molar-refractivity contribution in [1.29, 1.82) is 0 Å². The molecule has 3 heteroatoms. The van der Waals surface area contributed by atoms with E-state index in [-0.39, 0.29) is 0 Å². The van der Waals surface area contributed by atoms with Crippen molar-refractivity contribution in [2.45, 2.75) is 32.2 Å². The van der Waals surface area contributed by atoms with Gasteiger partial charge in [0.2, 0.25) is 0 Å². The van der Waals surface area contributed by atoms with E-state index in [1.807, 2.05) is 0 Å². The molecule has 1 aliphatic rings. The number of rotatable bonds is 4. The minimum Gasteiger partial charge on any atom is -0.330 e. The average molecular weight is 311 g/mol. The second-order valence-electron chi connectivity index (χ2n) is 5.39. The molecule has 0 saturated carbocycles. The minimum atomic E-state index is 0.630. The topological polar surface area (TPSA) is 29.3 Å². The van der Waals surface area contributed by atoms with Crippen molar-refractivity contribution < 1.29 is 0 Å². The van der Waals surface area contributed by atoms with Gasteiger partial charge in [-0.1, -0.05) is 28.1 Å². The second-order valence-corrected chi connectivity index (χ2v) is 6.31. The summed E-state index contributed by atoms with van der Waals surface area (Å²) in [5, 5.41) is 0. The van der Waals surface area contributed by atoms with E-state index in [4.69, 9.17) is 5.73 Å². The van der Waals surface area contributed by atoms with Gasteiger partial charge >= 0.3 is 0 Å². The SMILES string of the molecule is CC(Cc1ccc(Br)cc1)N1CCC(CN)CC1. The molecule has 0 bridgehead atoms. The number of nitrogens with zero attached hydrogens (tertiary/aromatic N) is 1. The molecule has 0 aliphatic carbocycles. The Balaban J connectivity index is 1.85. The molecule has 1 aromatic carbocycles. The van der Waals surface area contributed by atoms with E-state index in [1.165, 1.54) is 31.5 Å². The maximum atomic E-state index is 5.74. The van der Waals surface area contributed by atoms with Gasteiger partial charge in [0.25, 0.3) is 0 Å². The number of benzene rings is 1. The van der Waals surface area contributed by atoms with Crippen molar-refractivity contribution in [2.75, 3.05) is 19.6 Å². The average Bonchev–Trinajstić information content (AvgIpc) is 2.41. The molecule has 1 fully saturated rings. The summed E-state index contributed by atoms with van der Waals surface area (Å²) < 4.78 is 1.16. The molecule has 1 aliphatic heterocycles. The molecule has 1 unspecified atom stereocenters. The zero-order valence-electron chi connectivity index (χ0n) is 11.1. The number of nitrogens with two attached hydrogens (primary N) is 1. The Labute approximate surface area is 119 Å². The van der Waals surface area contributed by atoms with E-state index in [2.05, 4.69) is 52.0 Å². The van der Waals surface area contributed by atoms with E-state index >= 15 is 0 Å². The van der Waals surface area contributed by atoms with Crippen LogP contribution in [0.5, 0.6) is 0 Å². The third kappa shape index (κ3) is 3.81. The van der Waals surface area contributed by atoms with E-state index < -0.39 is 0 Å². The molecule has 0 amide bonds. The lowest BCUT2D eigenvalue weighted by Crippen LogP contribution is -2.42. The number of piperidine rings is 1. The standard InChI is InChI=1S/C15H23BrN2/c1-12(10-13-2-4-15(16)5-3-13)18-8-6-14(11-17)7-9-18/h2-5,12,14H,6-11,17H2,1H3. The molecule has 2 rings (SSSR count). The summed E-state index contributed by atoms with van der Waals surface area (Å²) in [4.78, 5) is 2.61. The van der Waals surface area contributed by atoms with E-state index in [9.17, 15) is 0 Å². The zero-order chi connectivity index (χ0) is 13.0. The summed E-state index contributed by atoms with van der Waals surface area (Å²) in [6.07, 6.45) is 3.67. The van der Waals surface area contributed by atoms with Crippen LogP contribution < -0.4 is 5.73 Å². The summed E-state index contributed by atoms with van der Waals surface area (Å²) >= 11 is 3.48. The van der Waals surface area contributed by atoms with Crippen LogP contribution >= 0.6 is 15.9 Å². The van der Waals surface area contributed by atoms with Crippen molar-refractivity contribution in [2.24, 2.45) is 11.7 Å². The van der Waals surface area contributed by atoms with Gasteiger partial charge in [-0.15, -0.1) is 0 Å². The molecular weight excluding hydrogens is 288 g/mol. The lowest BCUT2D eigenvalue weighted by molar-refractivity contribution is 0.143. The number of hydrogen-bond donors (Lipinski definition) is 1. The zero-order valence-corrected chi connectivity index (χ0v) is 12.7. The summed E-state index contributed by atoms with van der Waals surface area (Å²) in [5.74, 6) is 0.751. The van der Waals surface area contributed by atoms with Gasteiger partial charge < -0.3 is 10.6 Å². The molecule has 100 valence electrons. The maximum Gasteiger partial charge on any atom is 0.0175 e. The molecule has 18 heavy (non-hydrogen) atoms. The van der Waals surface area contributed by atoms with Crippen LogP contribution in [0.25, 0.3) is 0 Å². The maximum absolute atomic E-state index is 5.74. The predicted molar refractivity (Wildman–Crippen MR) is 80.7 cm³/mol. The molecule has 2 nitrogen and oxygen atoms in total. The predicted octanol–water partition coefficient (Wildman–Crippen LogP) is 3.05. The second kappa shape index (κ2) is 6.69. The fourth-order valence-corrected chi connectivity index (χ4v) is 2.98. The fraction of sp³-hybridized carbons (Fsp3) is 0.600. The van der Waals surface area contributed by atoms with Crippen LogP contribution in [0, 0.1) is 5.92 Å². The van der Waals surface area contributed by atoms with Crippen molar-refractivity contribution in [1.82, 2.24) is 4.90 Å². The molecular formula is C15H23BrN2. The molecule has 1 atom stereocenters. The van der Waals surface area contributed by atoms with Gasteiger partial charge in [0, 0.05) is 10.5 Å². The third-order valence-electron chi connectivity index (χ3n) is 4.05. The van der Waals surface area contributed by atoms with Crippen molar-refractivity contribution >= 4 is 15.9 Å². The van der Waals surface area contributed by atoms with Crippen LogP contribution in [0.2, 0.25) is 0 Å². The number of hydrogen-bond acceptors (Lipinski definition) is 2. The highest BCUT2D eigenvalue weighted by Crippen LogP contribution is 2.20. The van der Waals surface area contributed by atoms with E-state index in [0.717, 1.165) is 23.4 Å². The Hall–Kier alpha value is -0.380. The van der Waals surface area contributed by atoms with Crippen LogP contribution in [0.4, 0.5) is 0 Å². The Kier molecular flexibility index (Phi) is 5.22. The molecule has 1 heterocycles. The molecule has 1 saturated heterocycles. The lowest BCUT2D eigenvalue weighted by Gasteiger charge is -2.35. The summed E-state index contributed by atoms with van der Waals surface area (Å²) in [6, 6.07) is 9.32. The lowest BCUT2D eigenvalue weighted by atomic mass is 9.95. The molecule has 0 radical (unpaired) electrons. The van der Waals surface area contributed by atoms with E-state index in [0.29, 0.717) is 6.04 Å². The Morgan fingerprint density at radius 1 is 1.28 bits per heavy atom. The first-order chi connectivity index (χ1) is 8.69. The summed E-state index contributed by atoms with van der Waals surface area (Å²) in [5.41, 5.74) is 7.16. The molecule has 0 spiro atoms. The van der Waals surface area contributed by atoms with Crippen LogP contribution in [0.1, 0.15) is 25.3 Å². The Bertz CT molecular complexity index is 355. The van der Waals surface area contributed by atoms with Crippen molar-refractivity contribution in [3.05, 3.63) is 34.3 Å². The first-order valence-corrected chi connectivity index (χ1v) is 7.67. The van der Waals surface area contributed by atoms with Gasteiger partial charge in [0.1, 0.15) is 0 Å². The van der Waals surface area contributed by atoms with Gasteiger partial charge in [-0.2, -0.15) is 0 Å². The fourth-order valence-electron chi connectivity index (χ4n) is 2.72. The third-order valence-corrected chi connectivity index (χ3v) is 4.58. The number of likely N-dealkylation sites (tertiary alicyclic amines) is 1. The highest BCUT2D eigenvalue weighted by atomic mass is 79.9. The monoisotopic (exact) mass is 310 g/mol. The van der Waals surface area contributed by atoms with Crippen LogP contribution in [-0.4, -0.2) is 30.6 Å². The van der Waals surface area contributed by atoms with Crippen molar-refractivity contribution in [3.8, 4) is 0 Å². The van der Waals surface area contributed by atoms with Crippen molar-refractivity contribution in [3.63, 3.8) is 0 Å². The number of halogens is 1. The Morgan fingerprint density at radius 2 is 1.89 bits per heavy atom. The smallest absolute Gasteiger partial charge is 0.0175 e. The quantitative estimate of drug-likeness (QED) is 0.926. The molecule has 1 aromatic rings. The van der Waals surface area contributed by atoms with Crippen LogP contribution in [-0.2, 0) is 6.42 Å². The van der Waals surface area contributed by atoms with Gasteiger partial charge in [-0.05, 0) is 69.4 Å². The first kappa shape index (κ1) is 14.0. The van der Waals surface area contributed by atoms with Gasteiger partial charge in [-0.3, -0.25) is 0 Å². The summed E-state index contributed by atoms with van der Waals surface area (Å²) in [7, 11) is 0. The van der Waals surface area contributed by atoms with Gasteiger partial charge in [-0.25, -0.2) is 0 Å². The van der Waals surface area contributed by atoms with E-state index in [1.54, 1.807) is 0 Å². The van der Waals surface area contributed by atoms with Gasteiger partial charge in [0.15, 0.2) is 0 Å². The highest BCUT2D eigenvalue weighted by molar-refractivity contribution is 9.10. The largest absolute Gasteiger partial charge is 0.330 e. The first-order valence-electron chi connectivity index (χ1n) is 6.87. The van der Waals surface area contributed by atoms with Gasteiger partial charge in [0.05, 0.1) is 0 Å². The highest BCUT2D eigenvalue weighted by Gasteiger charge is 2.21. The normalized spacial score (nSPS) is 19.9.